The van der Waals surface area contributed by atoms with Gasteiger partial charge in [0, 0.05) is 15.7 Å². The molecule has 0 aliphatic carbocycles. The number of rotatable bonds is 4. The summed E-state index contributed by atoms with van der Waals surface area (Å²) in [4.78, 5) is 0. The summed E-state index contributed by atoms with van der Waals surface area (Å²) in [6.45, 7) is 1.14. The lowest BCUT2D eigenvalue weighted by Gasteiger charge is -2.07. The second-order valence-corrected chi connectivity index (χ2v) is 4.74. The Morgan fingerprint density at radius 2 is 1.76 bits per heavy atom. The summed E-state index contributed by atoms with van der Waals surface area (Å²) in [6.07, 6.45) is 0. The molecule has 0 unspecified atom stereocenters. The standard InChI is InChI=1S/C14H14BrNO/c15-13-7-6-12(14(16)8-13)10-17-9-11-4-2-1-3-5-11/h1-8H,9-10,16H2. The van der Waals surface area contributed by atoms with E-state index in [1.807, 2.05) is 48.5 Å². The van der Waals surface area contributed by atoms with E-state index >= 15 is 0 Å². The van der Waals surface area contributed by atoms with Crippen molar-refractivity contribution in [2.45, 2.75) is 13.2 Å². The molecule has 2 aromatic carbocycles. The third kappa shape index (κ3) is 3.58. The molecule has 0 spiro atoms. The van der Waals surface area contributed by atoms with Crippen molar-refractivity contribution in [1.82, 2.24) is 0 Å². The smallest absolute Gasteiger partial charge is 0.0741 e. The van der Waals surface area contributed by atoms with Gasteiger partial charge in [-0.2, -0.15) is 0 Å². The topological polar surface area (TPSA) is 35.2 Å². The molecule has 0 atom stereocenters. The van der Waals surface area contributed by atoms with Gasteiger partial charge in [0.05, 0.1) is 13.2 Å². The van der Waals surface area contributed by atoms with Gasteiger partial charge in [-0.05, 0) is 17.7 Å². The molecule has 3 heteroatoms. The van der Waals surface area contributed by atoms with Gasteiger partial charge in [-0.25, -0.2) is 0 Å². The third-order valence-electron chi connectivity index (χ3n) is 2.48. The molecule has 2 N–H and O–H groups in total. The summed E-state index contributed by atoms with van der Waals surface area (Å²) < 4.78 is 6.62. The number of nitrogens with two attached hydrogens (primary N) is 1. The fourth-order valence-corrected chi connectivity index (χ4v) is 1.93. The highest BCUT2D eigenvalue weighted by Gasteiger charge is 2.00. The first-order valence-electron chi connectivity index (χ1n) is 5.41. The Bertz CT molecular complexity index is 485. The Morgan fingerprint density at radius 3 is 2.47 bits per heavy atom. The van der Waals surface area contributed by atoms with E-state index in [1.165, 1.54) is 5.56 Å². The molecule has 0 aliphatic heterocycles. The Labute approximate surface area is 110 Å². The molecule has 0 saturated heterocycles. The van der Waals surface area contributed by atoms with Gasteiger partial charge in [-0.3, -0.25) is 0 Å². The lowest BCUT2D eigenvalue weighted by atomic mass is 10.2. The SMILES string of the molecule is Nc1cc(Br)ccc1COCc1ccccc1. The van der Waals surface area contributed by atoms with E-state index in [1.54, 1.807) is 0 Å². The van der Waals surface area contributed by atoms with E-state index in [9.17, 15) is 0 Å². The summed E-state index contributed by atoms with van der Waals surface area (Å²) in [5, 5.41) is 0. The minimum Gasteiger partial charge on any atom is -0.398 e. The molecule has 0 bridgehead atoms. The van der Waals surface area contributed by atoms with Crippen molar-refractivity contribution >= 4 is 21.6 Å². The first kappa shape index (κ1) is 12.1. The van der Waals surface area contributed by atoms with Crippen molar-refractivity contribution in [2.75, 3.05) is 5.73 Å². The minimum absolute atomic E-state index is 0.536. The highest BCUT2D eigenvalue weighted by molar-refractivity contribution is 9.10. The summed E-state index contributed by atoms with van der Waals surface area (Å²) in [7, 11) is 0. The fraction of sp³-hybridized carbons (Fsp3) is 0.143. The van der Waals surface area contributed by atoms with Crippen LogP contribution in [0.3, 0.4) is 0 Å². The number of benzene rings is 2. The lowest BCUT2D eigenvalue weighted by molar-refractivity contribution is 0.107. The van der Waals surface area contributed by atoms with Crippen molar-refractivity contribution in [3.63, 3.8) is 0 Å². The molecule has 88 valence electrons. The fourth-order valence-electron chi connectivity index (χ4n) is 1.55. The molecule has 0 fully saturated rings. The number of hydrogen-bond acceptors (Lipinski definition) is 2. The predicted octanol–water partition coefficient (Wildman–Crippen LogP) is 3.75. The zero-order chi connectivity index (χ0) is 12.1. The van der Waals surface area contributed by atoms with Crippen molar-refractivity contribution in [1.29, 1.82) is 0 Å². The van der Waals surface area contributed by atoms with Gasteiger partial charge < -0.3 is 10.5 Å². The number of halogens is 1. The van der Waals surface area contributed by atoms with Gasteiger partial charge in [0.15, 0.2) is 0 Å². The van der Waals surface area contributed by atoms with E-state index in [0.29, 0.717) is 13.2 Å². The van der Waals surface area contributed by atoms with Gasteiger partial charge in [0.25, 0.3) is 0 Å². The van der Waals surface area contributed by atoms with Crippen LogP contribution in [-0.4, -0.2) is 0 Å². The van der Waals surface area contributed by atoms with Crippen LogP contribution in [0.25, 0.3) is 0 Å². The molecule has 0 amide bonds. The van der Waals surface area contributed by atoms with Crippen LogP contribution in [-0.2, 0) is 18.0 Å². The summed E-state index contributed by atoms with van der Waals surface area (Å²) in [5.41, 5.74) is 8.84. The average molecular weight is 292 g/mol. The first-order chi connectivity index (χ1) is 8.25. The maximum atomic E-state index is 5.89. The highest BCUT2D eigenvalue weighted by Crippen LogP contribution is 2.19. The maximum Gasteiger partial charge on any atom is 0.0741 e. The van der Waals surface area contributed by atoms with Gasteiger partial charge in [-0.15, -0.1) is 0 Å². The molecule has 17 heavy (non-hydrogen) atoms. The minimum atomic E-state index is 0.536. The molecule has 0 heterocycles. The number of hydrogen-bond donors (Lipinski definition) is 1. The van der Waals surface area contributed by atoms with Crippen LogP contribution in [0.4, 0.5) is 5.69 Å². The van der Waals surface area contributed by atoms with Crippen LogP contribution in [0, 0.1) is 0 Å². The quantitative estimate of drug-likeness (QED) is 0.871. The Balaban J connectivity index is 1.90. The van der Waals surface area contributed by atoms with Crippen LogP contribution in [0.1, 0.15) is 11.1 Å². The molecule has 0 saturated carbocycles. The Hall–Kier alpha value is -1.32. The lowest BCUT2D eigenvalue weighted by Crippen LogP contribution is -1.98. The van der Waals surface area contributed by atoms with Gasteiger partial charge in [0.2, 0.25) is 0 Å². The third-order valence-corrected chi connectivity index (χ3v) is 2.97. The van der Waals surface area contributed by atoms with Crippen LogP contribution < -0.4 is 5.73 Å². The predicted molar refractivity (Wildman–Crippen MR) is 73.5 cm³/mol. The van der Waals surface area contributed by atoms with Crippen molar-refractivity contribution in [2.24, 2.45) is 0 Å². The molecule has 2 rings (SSSR count). The van der Waals surface area contributed by atoms with Crippen LogP contribution in [0.15, 0.2) is 53.0 Å². The monoisotopic (exact) mass is 291 g/mol. The summed E-state index contributed by atoms with van der Waals surface area (Å²) in [5.74, 6) is 0. The molecule has 0 radical (unpaired) electrons. The second-order valence-electron chi connectivity index (χ2n) is 3.82. The van der Waals surface area contributed by atoms with Crippen LogP contribution >= 0.6 is 15.9 Å². The average Bonchev–Trinajstić information content (AvgIpc) is 2.33. The van der Waals surface area contributed by atoms with Crippen molar-refractivity contribution < 1.29 is 4.74 Å². The maximum absolute atomic E-state index is 5.89. The summed E-state index contributed by atoms with van der Waals surface area (Å²) >= 11 is 3.38. The van der Waals surface area contributed by atoms with Crippen molar-refractivity contribution in [3.05, 3.63) is 64.1 Å². The van der Waals surface area contributed by atoms with E-state index in [0.717, 1.165) is 15.7 Å². The number of nitrogen functional groups attached to an aromatic ring is 1. The summed E-state index contributed by atoms with van der Waals surface area (Å²) in [6, 6.07) is 15.9. The molecular weight excluding hydrogens is 278 g/mol. The molecule has 0 aromatic heterocycles. The first-order valence-corrected chi connectivity index (χ1v) is 6.20. The van der Waals surface area contributed by atoms with Gasteiger partial charge >= 0.3 is 0 Å². The normalized spacial score (nSPS) is 10.4. The molecule has 2 aromatic rings. The van der Waals surface area contributed by atoms with E-state index < -0.39 is 0 Å². The van der Waals surface area contributed by atoms with Gasteiger partial charge in [0.1, 0.15) is 0 Å². The molecular formula is C14H14BrNO. The second kappa shape index (κ2) is 5.84. The van der Waals surface area contributed by atoms with Crippen LogP contribution in [0.2, 0.25) is 0 Å². The van der Waals surface area contributed by atoms with E-state index in [4.69, 9.17) is 10.5 Å². The van der Waals surface area contributed by atoms with Gasteiger partial charge in [-0.1, -0.05) is 52.3 Å². The zero-order valence-corrected chi connectivity index (χ0v) is 11.0. The Morgan fingerprint density at radius 1 is 1.00 bits per heavy atom. The molecule has 0 aliphatic rings. The number of ether oxygens (including phenoxy) is 1. The zero-order valence-electron chi connectivity index (χ0n) is 9.40. The van der Waals surface area contributed by atoms with E-state index in [-0.39, 0.29) is 0 Å². The van der Waals surface area contributed by atoms with Crippen LogP contribution in [0.5, 0.6) is 0 Å². The van der Waals surface area contributed by atoms with E-state index in [2.05, 4.69) is 15.9 Å². The Kier molecular flexibility index (Phi) is 4.18. The largest absolute Gasteiger partial charge is 0.398 e. The highest BCUT2D eigenvalue weighted by atomic mass is 79.9. The van der Waals surface area contributed by atoms with Crippen molar-refractivity contribution in [3.8, 4) is 0 Å². The number of anilines is 1. The molecule has 2 nitrogen and oxygen atoms in total.